The third-order valence-electron chi connectivity index (χ3n) is 6.57. The Balaban J connectivity index is -0.000000648. The van der Waals surface area contributed by atoms with Crippen molar-refractivity contribution in [1.82, 2.24) is 9.80 Å². The van der Waals surface area contributed by atoms with Crippen molar-refractivity contribution in [2.24, 2.45) is 0 Å². The van der Waals surface area contributed by atoms with Crippen LogP contribution in [0.3, 0.4) is 0 Å². The molecular formula is C30H56CuN2O6. The van der Waals surface area contributed by atoms with Gasteiger partial charge in [-0.1, -0.05) is 117 Å². The number of rotatable bonds is 24. The van der Waals surface area contributed by atoms with E-state index in [0.29, 0.717) is 12.8 Å². The van der Waals surface area contributed by atoms with Crippen LogP contribution in [0.4, 0.5) is 0 Å². The van der Waals surface area contributed by atoms with Crippen LogP contribution < -0.4 is 10.2 Å². The fourth-order valence-electron chi connectivity index (χ4n) is 4.12. The fraction of sp³-hybridized carbons (Fsp3) is 0.867. The summed E-state index contributed by atoms with van der Waals surface area (Å²) in [6.07, 6.45) is 22.6. The van der Waals surface area contributed by atoms with Gasteiger partial charge in [0.2, 0.25) is 11.8 Å². The molecule has 0 fully saturated rings. The molecule has 0 heterocycles. The van der Waals surface area contributed by atoms with Crippen molar-refractivity contribution < 1.29 is 46.5 Å². The summed E-state index contributed by atoms with van der Waals surface area (Å²) in [5.74, 6) is -2.62. The van der Waals surface area contributed by atoms with Gasteiger partial charge in [0.05, 0.1) is 25.0 Å². The van der Waals surface area contributed by atoms with Crippen molar-refractivity contribution in [3.05, 3.63) is 0 Å². The predicted octanol–water partition coefficient (Wildman–Crippen LogP) is 4.23. The Kier molecular flexibility index (Phi) is 33.2. The van der Waals surface area contributed by atoms with E-state index in [9.17, 15) is 29.4 Å². The summed E-state index contributed by atoms with van der Waals surface area (Å²) in [7, 11) is 3.01. The number of hydrogen-bond donors (Lipinski definition) is 0. The second kappa shape index (κ2) is 30.9. The molecule has 0 saturated carbocycles. The molecule has 0 bridgehead atoms. The van der Waals surface area contributed by atoms with Gasteiger partial charge in [-0.25, -0.2) is 0 Å². The van der Waals surface area contributed by atoms with Crippen molar-refractivity contribution in [1.29, 1.82) is 0 Å². The van der Waals surface area contributed by atoms with E-state index in [4.69, 9.17) is 0 Å². The van der Waals surface area contributed by atoms with E-state index < -0.39 is 11.9 Å². The second-order valence-corrected chi connectivity index (χ2v) is 10.4. The summed E-state index contributed by atoms with van der Waals surface area (Å²) in [5.41, 5.74) is 0. The van der Waals surface area contributed by atoms with E-state index in [1.165, 1.54) is 114 Å². The van der Waals surface area contributed by atoms with Crippen LogP contribution in [0, 0.1) is 0 Å². The SMILES string of the molecule is CCCCCCCCCCCC(=O)N(C)CC(=O)[O-].CCCCCCCCCCCC(=O)N(C)CC(=O)[O-].[Cu+2]. The number of likely N-dealkylation sites (N-methyl/N-ethyl adjacent to an activating group) is 2. The molecule has 0 unspecified atom stereocenters. The molecule has 2 amide bonds. The average Bonchev–Trinajstić information content (AvgIpc) is 2.86. The van der Waals surface area contributed by atoms with E-state index in [1.807, 2.05) is 0 Å². The van der Waals surface area contributed by atoms with E-state index in [2.05, 4.69) is 13.8 Å². The number of carboxylic acid groups (broad SMARTS) is 2. The smallest absolute Gasteiger partial charge is 0.548 e. The summed E-state index contributed by atoms with van der Waals surface area (Å²) in [5, 5.41) is 20.7. The van der Waals surface area contributed by atoms with E-state index in [0.717, 1.165) is 25.7 Å². The Bertz CT molecular complexity index is 566. The van der Waals surface area contributed by atoms with Crippen LogP contribution in [0.2, 0.25) is 0 Å². The minimum atomic E-state index is -1.21. The molecule has 0 aliphatic carbocycles. The first-order valence-corrected chi connectivity index (χ1v) is 15.0. The molecule has 233 valence electrons. The summed E-state index contributed by atoms with van der Waals surface area (Å²) >= 11 is 0. The van der Waals surface area contributed by atoms with Gasteiger partial charge in [-0.2, -0.15) is 0 Å². The molecule has 0 aromatic rings. The topological polar surface area (TPSA) is 121 Å². The van der Waals surface area contributed by atoms with Gasteiger partial charge in [0.1, 0.15) is 0 Å². The van der Waals surface area contributed by atoms with Gasteiger partial charge in [-0.05, 0) is 12.8 Å². The minimum Gasteiger partial charge on any atom is -0.548 e. The first kappa shape index (κ1) is 41.9. The first-order valence-electron chi connectivity index (χ1n) is 15.0. The molecule has 1 radical (unpaired) electrons. The number of carbonyl (C=O) groups excluding carboxylic acids is 4. The molecule has 39 heavy (non-hydrogen) atoms. The summed E-state index contributed by atoms with van der Waals surface area (Å²) in [6, 6.07) is 0. The van der Waals surface area contributed by atoms with Crippen molar-refractivity contribution >= 4 is 23.8 Å². The Morgan fingerprint density at radius 1 is 0.462 bits per heavy atom. The predicted molar refractivity (Wildman–Crippen MR) is 149 cm³/mol. The van der Waals surface area contributed by atoms with Gasteiger partial charge >= 0.3 is 17.1 Å². The van der Waals surface area contributed by atoms with Crippen molar-refractivity contribution in [2.45, 2.75) is 142 Å². The zero-order valence-electron chi connectivity index (χ0n) is 25.2. The number of hydrogen-bond acceptors (Lipinski definition) is 6. The van der Waals surface area contributed by atoms with Gasteiger partial charge in [0.25, 0.3) is 0 Å². The van der Waals surface area contributed by atoms with Crippen LogP contribution in [0.1, 0.15) is 142 Å². The van der Waals surface area contributed by atoms with Gasteiger partial charge in [0, 0.05) is 26.9 Å². The molecule has 0 aliphatic rings. The maximum Gasteiger partial charge on any atom is 2.00 e. The number of aliphatic carboxylic acids is 2. The zero-order chi connectivity index (χ0) is 29.0. The maximum atomic E-state index is 11.5. The van der Waals surface area contributed by atoms with Crippen LogP contribution >= 0.6 is 0 Å². The third kappa shape index (κ3) is 32.5. The van der Waals surface area contributed by atoms with E-state index in [-0.39, 0.29) is 42.0 Å². The zero-order valence-corrected chi connectivity index (χ0v) is 26.1. The normalized spacial score (nSPS) is 10.2. The minimum absolute atomic E-state index is 0. The van der Waals surface area contributed by atoms with Crippen LogP contribution in [0.25, 0.3) is 0 Å². The summed E-state index contributed by atoms with van der Waals surface area (Å²) < 4.78 is 0. The van der Waals surface area contributed by atoms with Crippen molar-refractivity contribution in [3.63, 3.8) is 0 Å². The van der Waals surface area contributed by atoms with Crippen LogP contribution in [-0.2, 0) is 36.2 Å². The van der Waals surface area contributed by atoms with Crippen LogP contribution in [0.15, 0.2) is 0 Å². The Labute approximate surface area is 249 Å². The Morgan fingerprint density at radius 2 is 0.692 bits per heavy atom. The Morgan fingerprint density at radius 3 is 0.923 bits per heavy atom. The van der Waals surface area contributed by atoms with Crippen LogP contribution in [-0.4, -0.2) is 60.7 Å². The monoisotopic (exact) mass is 603 g/mol. The largest absolute Gasteiger partial charge is 2.00 e. The van der Waals surface area contributed by atoms with Gasteiger partial charge < -0.3 is 29.6 Å². The molecule has 9 heteroatoms. The third-order valence-corrected chi connectivity index (χ3v) is 6.57. The molecule has 0 N–H and O–H groups in total. The number of carboxylic acids is 2. The van der Waals surface area contributed by atoms with Gasteiger partial charge in [0.15, 0.2) is 0 Å². The number of nitrogens with zero attached hydrogens (tertiary/aromatic N) is 2. The summed E-state index contributed by atoms with van der Waals surface area (Å²) in [6.45, 7) is 3.81. The standard InChI is InChI=1S/2C15H29NO3.Cu/c2*1-3-4-5-6-7-8-9-10-11-12-14(17)16(2)13-15(18)19;/h2*3-13H2,1-2H3,(H,18,19);/q;;+2/p-2. The molecule has 0 saturated heterocycles. The molecule has 0 aromatic heterocycles. The first-order chi connectivity index (χ1) is 18.1. The van der Waals surface area contributed by atoms with Gasteiger partial charge in [-0.3, -0.25) is 9.59 Å². The molecule has 0 atom stereocenters. The maximum absolute atomic E-state index is 11.5. The molecule has 0 aromatic carbocycles. The summed E-state index contributed by atoms with van der Waals surface area (Å²) in [4.78, 5) is 46.2. The van der Waals surface area contributed by atoms with E-state index in [1.54, 1.807) is 0 Å². The van der Waals surface area contributed by atoms with E-state index >= 15 is 0 Å². The van der Waals surface area contributed by atoms with Crippen molar-refractivity contribution in [3.8, 4) is 0 Å². The molecule has 8 nitrogen and oxygen atoms in total. The Hall–Kier alpha value is -1.60. The molecule has 0 rings (SSSR count). The van der Waals surface area contributed by atoms with Crippen molar-refractivity contribution in [2.75, 3.05) is 27.2 Å². The number of amides is 2. The van der Waals surface area contributed by atoms with Gasteiger partial charge in [-0.15, -0.1) is 0 Å². The molecule has 0 aliphatic heterocycles. The quantitative estimate of drug-likeness (QED) is 0.120. The number of unbranched alkanes of at least 4 members (excludes halogenated alkanes) is 16. The molecule has 0 spiro atoms. The second-order valence-electron chi connectivity index (χ2n) is 10.4. The van der Waals surface area contributed by atoms with Crippen LogP contribution in [0.5, 0.6) is 0 Å². The average molecular weight is 604 g/mol. The number of carbonyl (C=O) groups is 4. The fourth-order valence-corrected chi connectivity index (χ4v) is 4.12. The molecular weight excluding hydrogens is 548 g/mol.